The second-order valence-electron chi connectivity index (χ2n) is 11.4. The number of benzene rings is 4. The van der Waals surface area contributed by atoms with Gasteiger partial charge in [0.05, 0.1) is 11.0 Å². The van der Waals surface area contributed by atoms with Crippen molar-refractivity contribution in [1.82, 2.24) is 9.97 Å². The number of rotatable bonds is 4. The monoisotopic (exact) mass is 510 g/mol. The van der Waals surface area contributed by atoms with E-state index in [0.717, 1.165) is 27.7 Å². The van der Waals surface area contributed by atoms with Gasteiger partial charge in [-0.2, -0.15) is 0 Å². The quantitative estimate of drug-likeness (QED) is 0.220. The van der Waals surface area contributed by atoms with Crippen LogP contribution in [0.4, 0.5) is 0 Å². The largest absolute Gasteiger partial charge is 0.254 e. The van der Waals surface area contributed by atoms with E-state index in [1.165, 1.54) is 65.6 Å². The number of hydrogen-bond acceptors (Lipinski definition) is 2. The fourth-order valence-electron chi connectivity index (χ4n) is 6.36. The number of nitrogens with zero attached hydrogens (tertiary/aromatic N) is 2. The summed E-state index contributed by atoms with van der Waals surface area (Å²) in [5.74, 6) is 1.36. The lowest BCUT2D eigenvalue weighted by Gasteiger charge is -2.27. The van der Waals surface area contributed by atoms with Crippen LogP contribution in [0.15, 0.2) is 91.3 Å². The van der Waals surface area contributed by atoms with Gasteiger partial charge >= 0.3 is 0 Å². The van der Waals surface area contributed by atoms with E-state index in [0.29, 0.717) is 5.92 Å². The van der Waals surface area contributed by atoms with E-state index in [2.05, 4.69) is 97.5 Å². The van der Waals surface area contributed by atoms with Gasteiger partial charge in [0.2, 0.25) is 0 Å². The molecule has 0 radical (unpaired) electrons. The summed E-state index contributed by atoms with van der Waals surface area (Å²) in [7, 11) is 0. The van der Waals surface area contributed by atoms with E-state index >= 15 is 0 Å². The number of hydrogen-bond donors (Lipinski definition) is 0. The normalized spacial score (nSPS) is 15.0. The first-order chi connectivity index (χ1) is 19.1. The van der Waals surface area contributed by atoms with Gasteiger partial charge in [0.15, 0.2) is 0 Å². The highest BCUT2D eigenvalue weighted by Crippen LogP contribution is 2.40. The summed E-state index contributed by atoms with van der Waals surface area (Å²) >= 11 is 0. The molecule has 196 valence electrons. The third-order valence-corrected chi connectivity index (χ3v) is 8.53. The van der Waals surface area contributed by atoms with E-state index in [1.807, 2.05) is 12.1 Å². The lowest BCUT2D eigenvalue weighted by atomic mass is 9.78. The molecular formula is C37H38N2. The molecule has 1 atom stereocenters. The molecule has 0 spiro atoms. The molecule has 2 nitrogen and oxygen atoms in total. The Morgan fingerprint density at radius 1 is 0.744 bits per heavy atom. The average molecular weight is 511 g/mol. The van der Waals surface area contributed by atoms with Crippen LogP contribution in [0.5, 0.6) is 0 Å². The number of aryl methyl sites for hydroxylation is 1. The average Bonchev–Trinajstić information content (AvgIpc) is 2.99. The van der Waals surface area contributed by atoms with Crippen LogP contribution < -0.4 is 0 Å². The van der Waals surface area contributed by atoms with E-state index < -0.39 is 0 Å². The summed E-state index contributed by atoms with van der Waals surface area (Å²) in [4.78, 5) is 8.69. The predicted octanol–water partition coefficient (Wildman–Crippen LogP) is 10.5. The lowest BCUT2D eigenvalue weighted by Crippen LogP contribution is -2.10. The van der Waals surface area contributed by atoms with Crippen LogP contribution in [0.25, 0.3) is 43.4 Å². The predicted molar refractivity (Wildman–Crippen MR) is 168 cm³/mol. The molecule has 0 N–H and O–H groups in total. The molecule has 2 aromatic heterocycles. The Labute approximate surface area is 232 Å². The Morgan fingerprint density at radius 3 is 2.10 bits per heavy atom. The second kappa shape index (κ2) is 11.1. The highest BCUT2D eigenvalue weighted by Gasteiger charge is 2.22. The number of fused-ring (bicyclic) bond motifs is 8. The van der Waals surface area contributed by atoms with Crippen LogP contribution >= 0.6 is 0 Å². The molecule has 0 saturated carbocycles. The maximum absolute atomic E-state index is 4.35. The Bertz CT molecular complexity index is 1710. The first kappa shape index (κ1) is 25.5. The first-order valence-electron chi connectivity index (χ1n) is 14.7. The van der Waals surface area contributed by atoms with Crippen LogP contribution in [0, 0.1) is 0 Å². The van der Waals surface area contributed by atoms with Crippen molar-refractivity contribution in [2.24, 2.45) is 0 Å². The van der Waals surface area contributed by atoms with Gasteiger partial charge in [0, 0.05) is 23.2 Å². The van der Waals surface area contributed by atoms with E-state index in [1.54, 1.807) is 23.5 Å². The Kier molecular flexibility index (Phi) is 7.28. The van der Waals surface area contributed by atoms with E-state index in [4.69, 9.17) is 0 Å². The van der Waals surface area contributed by atoms with Gasteiger partial charge in [-0.3, -0.25) is 9.97 Å². The van der Waals surface area contributed by atoms with E-state index in [9.17, 15) is 0 Å². The zero-order chi connectivity index (χ0) is 26.8. The molecule has 0 bridgehead atoms. The smallest absolute Gasteiger partial charge is 0.0964 e. The molecular weight excluding hydrogens is 472 g/mol. The Morgan fingerprint density at radius 2 is 1.41 bits per heavy atom. The molecule has 0 amide bonds. The molecule has 0 aliphatic heterocycles. The SMILES string of the molecule is CCCCC1CCCc2c1ccc1c2ccc2ccc(C(C)C)cc21.c1cnc2c(c1)ccc1cccnc12. The van der Waals surface area contributed by atoms with Gasteiger partial charge in [-0.05, 0) is 87.9 Å². The van der Waals surface area contributed by atoms with Crippen LogP contribution in [0.3, 0.4) is 0 Å². The number of pyridine rings is 2. The molecule has 6 aromatic rings. The number of unbranched alkanes of at least 4 members (excludes halogenated alkanes) is 1. The van der Waals surface area contributed by atoms with Gasteiger partial charge in [-0.1, -0.05) is 100 Å². The van der Waals surface area contributed by atoms with Crippen molar-refractivity contribution in [2.75, 3.05) is 0 Å². The highest BCUT2D eigenvalue weighted by molar-refractivity contribution is 6.09. The highest BCUT2D eigenvalue weighted by atomic mass is 14.7. The second-order valence-corrected chi connectivity index (χ2v) is 11.4. The van der Waals surface area contributed by atoms with Gasteiger partial charge in [-0.15, -0.1) is 0 Å². The van der Waals surface area contributed by atoms with Crippen molar-refractivity contribution >= 4 is 43.4 Å². The van der Waals surface area contributed by atoms with Crippen molar-refractivity contribution in [3.63, 3.8) is 0 Å². The van der Waals surface area contributed by atoms with Crippen LogP contribution in [-0.2, 0) is 6.42 Å². The summed E-state index contributed by atoms with van der Waals surface area (Å²) in [6.07, 6.45) is 11.6. The topological polar surface area (TPSA) is 25.8 Å². The molecule has 2 heteroatoms. The van der Waals surface area contributed by atoms with Crippen molar-refractivity contribution in [2.45, 2.75) is 71.1 Å². The van der Waals surface area contributed by atoms with Crippen molar-refractivity contribution in [1.29, 1.82) is 0 Å². The fourth-order valence-corrected chi connectivity index (χ4v) is 6.36. The van der Waals surface area contributed by atoms with Crippen molar-refractivity contribution < 1.29 is 0 Å². The molecule has 7 rings (SSSR count). The standard InChI is InChI=1S/C25H30.C12H8N2/c1-4-5-7-18-8-6-9-22-21(18)14-15-24-23(22)13-12-19-10-11-20(17(2)3)16-25(19)24;1-3-9-5-6-10-4-2-8-14-12(10)11(9)13-7-1/h10-18H,4-9H2,1-3H3;1-8H. The van der Waals surface area contributed by atoms with Crippen molar-refractivity contribution in [3.05, 3.63) is 108 Å². The van der Waals surface area contributed by atoms with Gasteiger partial charge in [-0.25, -0.2) is 0 Å². The van der Waals surface area contributed by atoms with Gasteiger partial charge in [0.25, 0.3) is 0 Å². The first-order valence-corrected chi connectivity index (χ1v) is 14.7. The minimum absolute atomic E-state index is 0.579. The maximum atomic E-state index is 4.35. The van der Waals surface area contributed by atoms with Crippen LogP contribution in [0.1, 0.15) is 81.4 Å². The molecule has 0 fully saturated rings. The maximum Gasteiger partial charge on any atom is 0.0964 e. The minimum Gasteiger partial charge on any atom is -0.254 e. The minimum atomic E-state index is 0.579. The van der Waals surface area contributed by atoms with Gasteiger partial charge < -0.3 is 0 Å². The molecule has 1 aliphatic carbocycles. The van der Waals surface area contributed by atoms with Gasteiger partial charge in [0.1, 0.15) is 0 Å². The molecule has 0 saturated heterocycles. The molecule has 2 heterocycles. The molecule has 1 unspecified atom stereocenters. The fraction of sp³-hybridized carbons (Fsp3) is 0.297. The van der Waals surface area contributed by atoms with Crippen molar-refractivity contribution in [3.8, 4) is 0 Å². The summed E-state index contributed by atoms with van der Waals surface area (Å²) in [6.45, 7) is 6.88. The summed E-state index contributed by atoms with van der Waals surface area (Å²) < 4.78 is 0. The number of aromatic nitrogens is 2. The zero-order valence-corrected chi connectivity index (χ0v) is 23.5. The summed E-state index contributed by atoms with van der Waals surface area (Å²) in [5, 5.41) is 8.04. The van der Waals surface area contributed by atoms with Crippen LogP contribution in [-0.4, -0.2) is 9.97 Å². The third kappa shape index (κ3) is 5.01. The van der Waals surface area contributed by atoms with E-state index in [-0.39, 0.29) is 0 Å². The third-order valence-electron chi connectivity index (χ3n) is 8.53. The summed E-state index contributed by atoms with van der Waals surface area (Å²) in [5.41, 5.74) is 6.68. The Balaban J connectivity index is 0.000000166. The Hall–Kier alpha value is -3.78. The summed E-state index contributed by atoms with van der Waals surface area (Å²) in [6, 6.07) is 28.7. The zero-order valence-electron chi connectivity index (χ0n) is 23.5. The molecule has 1 aliphatic rings. The molecule has 4 aromatic carbocycles. The lowest BCUT2D eigenvalue weighted by molar-refractivity contribution is 0.503. The molecule has 39 heavy (non-hydrogen) atoms. The van der Waals surface area contributed by atoms with Crippen LogP contribution in [0.2, 0.25) is 0 Å².